The number of amides is 1. The molecule has 4 nitrogen and oxygen atoms in total. The summed E-state index contributed by atoms with van der Waals surface area (Å²) < 4.78 is 5.07. The third-order valence-corrected chi connectivity index (χ3v) is 3.81. The van der Waals surface area contributed by atoms with Gasteiger partial charge in [0.25, 0.3) is 5.91 Å². The number of nitrogens with one attached hydrogen (secondary N) is 1. The molecular formula is C15H13ClN2O2S. The molecule has 0 radical (unpaired) electrons. The van der Waals surface area contributed by atoms with E-state index in [4.69, 9.17) is 22.1 Å². The van der Waals surface area contributed by atoms with Crippen LogP contribution < -0.4 is 15.8 Å². The molecule has 0 fully saturated rings. The van der Waals surface area contributed by atoms with Crippen LogP contribution in [0.1, 0.15) is 15.2 Å². The fourth-order valence-corrected chi connectivity index (χ4v) is 2.66. The average molecular weight is 321 g/mol. The number of anilines is 1. The smallest absolute Gasteiger partial charge is 0.267 e. The fraction of sp³-hybridized carbons (Fsp3) is 0.133. The predicted octanol–water partition coefficient (Wildman–Crippen LogP) is 2.97. The first-order valence-corrected chi connectivity index (χ1v) is 7.32. The summed E-state index contributed by atoms with van der Waals surface area (Å²) in [7, 11) is 1.54. The second-order valence-electron chi connectivity index (χ2n) is 3.97. The van der Waals surface area contributed by atoms with E-state index in [1.54, 1.807) is 24.3 Å². The second kappa shape index (κ2) is 7.14. The Bertz CT molecular complexity index is 716. The van der Waals surface area contributed by atoms with E-state index >= 15 is 0 Å². The zero-order valence-corrected chi connectivity index (χ0v) is 12.8. The van der Waals surface area contributed by atoms with Gasteiger partial charge in [-0.25, -0.2) is 0 Å². The Hall–Kier alpha value is -2.00. The van der Waals surface area contributed by atoms with Crippen molar-refractivity contribution >= 4 is 34.5 Å². The van der Waals surface area contributed by atoms with Gasteiger partial charge in [-0.2, -0.15) is 0 Å². The first-order valence-electron chi connectivity index (χ1n) is 6.07. The molecule has 0 spiro atoms. The first-order chi connectivity index (χ1) is 10.2. The molecule has 0 bridgehead atoms. The quantitative estimate of drug-likeness (QED) is 0.855. The maximum absolute atomic E-state index is 12.3. The number of benzene rings is 1. The van der Waals surface area contributed by atoms with Gasteiger partial charge in [-0.15, -0.1) is 11.3 Å². The zero-order valence-electron chi connectivity index (χ0n) is 11.3. The summed E-state index contributed by atoms with van der Waals surface area (Å²) in [5, 5.41) is 5.04. The van der Waals surface area contributed by atoms with Gasteiger partial charge in [-0.3, -0.25) is 4.79 Å². The van der Waals surface area contributed by atoms with Gasteiger partial charge in [0, 0.05) is 11.3 Å². The lowest BCUT2D eigenvalue weighted by Crippen LogP contribution is -2.11. The fourth-order valence-electron chi connectivity index (χ4n) is 1.66. The lowest BCUT2D eigenvalue weighted by Gasteiger charge is -2.07. The number of rotatable bonds is 3. The maximum Gasteiger partial charge on any atom is 0.267 e. The Labute approximate surface area is 131 Å². The first kappa shape index (κ1) is 15.4. The molecule has 0 atom stereocenters. The molecule has 2 rings (SSSR count). The molecule has 0 saturated carbocycles. The Kier molecular flexibility index (Phi) is 5.23. The van der Waals surface area contributed by atoms with Crippen LogP contribution in [0.5, 0.6) is 5.75 Å². The number of ether oxygens (including phenoxy) is 1. The van der Waals surface area contributed by atoms with E-state index in [1.165, 1.54) is 18.4 Å². The van der Waals surface area contributed by atoms with Crippen molar-refractivity contribution in [2.45, 2.75) is 0 Å². The van der Waals surface area contributed by atoms with E-state index in [2.05, 4.69) is 17.2 Å². The van der Waals surface area contributed by atoms with Crippen molar-refractivity contribution in [3.63, 3.8) is 0 Å². The predicted molar refractivity (Wildman–Crippen MR) is 86.2 cm³/mol. The van der Waals surface area contributed by atoms with Gasteiger partial charge in [0.1, 0.15) is 10.6 Å². The van der Waals surface area contributed by atoms with Gasteiger partial charge >= 0.3 is 0 Å². The van der Waals surface area contributed by atoms with Crippen LogP contribution in [0.15, 0.2) is 29.6 Å². The highest BCUT2D eigenvalue weighted by Gasteiger charge is 2.13. The third kappa shape index (κ3) is 3.76. The molecule has 6 heteroatoms. The molecule has 21 heavy (non-hydrogen) atoms. The number of hydrogen-bond donors (Lipinski definition) is 2. The third-order valence-electron chi connectivity index (χ3n) is 2.61. The molecule has 0 saturated heterocycles. The molecule has 0 aliphatic carbocycles. The molecular weight excluding hydrogens is 308 g/mol. The summed E-state index contributed by atoms with van der Waals surface area (Å²) in [5.74, 6) is 5.95. The summed E-state index contributed by atoms with van der Waals surface area (Å²) in [6.45, 7) is 0.255. The molecule has 0 aliphatic heterocycles. The van der Waals surface area contributed by atoms with Crippen molar-refractivity contribution < 1.29 is 9.53 Å². The molecule has 0 aliphatic rings. The Morgan fingerprint density at radius 2 is 2.29 bits per heavy atom. The lowest BCUT2D eigenvalue weighted by atomic mass is 10.2. The van der Waals surface area contributed by atoms with E-state index in [9.17, 15) is 4.79 Å². The van der Waals surface area contributed by atoms with Crippen molar-refractivity contribution in [1.29, 1.82) is 0 Å². The second-order valence-corrected chi connectivity index (χ2v) is 5.30. The summed E-state index contributed by atoms with van der Waals surface area (Å²) in [4.78, 5) is 12.8. The molecule has 1 amide bonds. The van der Waals surface area contributed by atoms with Crippen LogP contribution in [0, 0.1) is 11.8 Å². The number of methoxy groups -OCH3 is 1. The van der Waals surface area contributed by atoms with Crippen molar-refractivity contribution in [3.05, 3.63) is 45.1 Å². The highest BCUT2D eigenvalue weighted by molar-refractivity contribution is 7.12. The number of halogens is 1. The number of nitrogens with two attached hydrogens (primary N) is 1. The van der Waals surface area contributed by atoms with Crippen LogP contribution >= 0.6 is 22.9 Å². The molecule has 1 aromatic heterocycles. The lowest BCUT2D eigenvalue weighted by molar-refractivity contribution is 0.103. The number of carbonyl (C=O) groups excluding carboxylic acids is 1. The normalized spacial score (nSPS) is 9.67. The van der Waals surface area contributed by atoms with Crippen LogP contribution in [0.25, 0.3) is 0 Å². The van der Waals surface area contributed by atoms with E-state index in [0.717, 1.165) is 0 Å². The molecule has 0 unspecified atom stereocenters. The largest absolute Gasteiger partial charge is 0.495 e. The maximum atomic E-state index is 12.3. The standard InChI is InChI=1S/C15H13ClN2O2S/c1-20-13-5-4-11(9-12(13)16)18-15(19)14-10(3-2-7-17)6-8-21-14/h4-6,8-9H,7,17H2,1H3,(H,18,19). The van der Waals surface area contributed by atoms with Gasteiger partial charge in [0.15, 0.2) is 0 Å². The monoisotopic (exact) mass is 320 g/mol. The van der Waals surface area contributed by atoms with Gasteiger partial charge in [0.2, 0.25) is 0 Å². The van der Waals surface area contributed by atoms with Crippen molar-refractivity contribution in [1.82, 2.24) is 0 Å². The van der Waals surface area contributed by atoms with Crippen molar-refractivity contribution in [2.24, 2.45) is 5.73 Å². The van der Waals surface area contributed by atoms with Gasteiger partial charge < -0.3 is 15.8 Å². The molecule has 1 aromatic carbocycles. The van der Waals surface area contributed by atoms with Gasteiger partial charge in [-0.05, 0) is 29.6 Å². The van der Waals surface area contributed by atoms with E-state index in [0.29, 0.717) is 26.9 Å². The summed E-state index contributed by atoms with van der Waals surface area (Å²) in [6.07, 6.45) is 0. The van der Waals surface area contributed by atoms with Crippen LogP contribution in [0.3, 0.4) is 0 Å². The molecule has 1 heterocycles. The minimum atomic E-state index is -0.229. The number of thiophene rings is 1. The molecule has 2 aromatic rings. The highest BCUT2D eigenvalue weighted by Crippen LogP contribution is 2.28. The van der Waals surface area contributed by atoms with Gasteiger partial charge in [-0.1, -0.05) is 23.4 Å². The Morgan fingerprint density at radius 1 is 1.48 bits per heavy atom. The van der Waals surface area contributed by atoms with Crippen LogP contribution in [0.2, 0.25) is 5.02 Å². The minimum Gasteiger partial charge on any atom is -0.495 e. The zero-order chi connectivity index (χ0) is 15.2. The average Bonchev–Trinajstić information content (AvgIpc) is 2.93. The summed E-state index contributed by atoms with van der Waals surface area (Å²) in [6, 6.07) is 6.85. The van der Waals surface area contributed by atoms with Gasteiger partial charge in [0.05, 0.1) is 18.7 Å². The van der Waals surface area contributed by atoms with Crippen LogP contribution in [0.4, 0.5) is 5.69 Å². The van der Waals surface area contributed by atoms with E-state index in [-0.39, 0.29) is 12.5 Å². The Balaban J connectivity index is 2.18. The highest BCUT2D eigenvalue weighted by atomic mass is 35.5. The molecule has 3 N–H and O–H groups in total. The Morgan fingerprint density at radius 3 is 2.95 bits per heavy atom. The van der Waals surface area contributed by atoms with E-state index < -0.39 is 0 Å². The van der Waals surface area contributed by atoms with Crippen molar-refractivity contribution in [2.75, 3.05) is 19.0 Å². The number of carbonyl (C=O) groups is 1. The number of hydrogen-bond acceptors (Lipinski definition) is 4. The summed E-state index contributed by atoms with van der Waals surface area (Å²) in [5.41, 5.74) is 6.60. The molecule has 108 valence electrons. The minimum absolute atomic E-state index is 0.229. The topological polar surface area (TPSA) is 64.3 Å². The summed E-state index contributed by atoms with van der Waals surface area (Å²) >= 11 is 7.35. The van der Waals surface area contributed by atoms with Crippen LogP contribution in [-0.4, -0.2) is 19.6 Å². The van der Waals surface area contributed by atoms with Crippen molar-refractivity contribution in [3.8, 4) is 17.6 Å². The SMILES string of the molecule is COc1ccc(NC(=O)c2sccc2C#CCN)cc1Cl. The van der Waals surface area contributed by atoms with Crippen LogP contribution in [-0.2, 0) is 0 Å². The van der Waals surface area contributed by atoms with E-state index in [1.807, 2.05) is 5.38 Å².